The van der Waals surface area contributed by atoms with E-state index >= 15 is 0 Å². The Morgan fingerprint density at radius 2 is 1.89 bits per heavy atom. The number of para-hydroxylation sites is 1. The molecule has 0 aliphatic heterocycles. The van der Waals surface area contributed by atoms with Crippen LogP contribution in [0, 0.1) is 5.82 Å². The Balaban J connectivity index is 2.26. The van der Waals surface area contributed by atoms with Gasteiger partial charge in [0.25, 0.3) is 0 Å². The first kappa shape index (κ1) is 14.5. The van der Waals surface area contributed by atoms with Crippen molar-refractivity contribution in [2.45, 2.75) is 11.2 Å². The van der Waals surface area contributed by atoms with Gasteiger partial charge in [0.1, 0.15) is 11.6 Å². The van der Waals surface area contributed by atoms with Gasteiger partial charge in [-0.3, -0.25) is 0 Å². The van der Waals surface area contributed by atoms with Crippen molar-refractivity contribution in [2.75, 3.05) is 7.11 Å². The Hall–Kier alpha value is -0.870. The van der Waals surface area contributed by atoms with E-state index in [2.05, 4.69) is 31.9 Å². The lowest BCUT2D eigenvalue weighted by Crippen LogP contribution is -2.00. The number of alkyl halides is 1. The SMILES string of the molecule is COc1ccccc1CC(Br)c1cccc(F)c1Br. The quantitative estimate of drug-likeness (QED) is 0.649. The molecule has 1 unspecified atom stereocenters. The highest BCUT2D eigenvalue weighted by molar-refractivity contribution is 9.11. The smallest absolute Gasteiger partial charge is 0.137 e. The number of methoxy groups -OCH3 is 1. The number of benzene rings is 2. The van der Waals surface area contributed by atoms with Crippen molar-refractivity contribution in [1.29, 1.82) is 0 Å². The lowest BCUT2D eigenvalue weighted by Gasteiger charge is -2.14. The van der Waals surface area contributed by atoms with Crippen LogP contribution in [0.3, 0.4) is 0 Å². The van der Waals surface area contributed by atoms with Gasteiger partial charge in [0.05, 0.1) is 11.6 Å². The molecular formula is C15H13Br2FO. The molecular weight excluding hydrogens is 375 g/mol. The van der Waals surface area contributed by atoms with Crippen molar-refractivity contribution in [2.24, 2.45) is 0 Å². The van der Waals surface area contributed by atoms with Gasteiger partial charge in [0.2, 0.25) is 0 Å². The first-order chi connectivity index (χ1) is 9.13. The monoisotopic (exact) mass is 386 g/mol. The molecule has 2 aromatic rings. The molecule has 0 heterocycles. The van der Waals surface area contributed by atoms with Crippen LogP contribution in [0.1, 0.15) is 16.0 Å². The summed E-state index contributed by atoms with van der Waals surface area (Å²) < 4.78 is 19.4. The van der Waals surface area contributed by atoms with Crippen molar-refractivity contribution in [1.82, 2.24) is 0 Å². The van der Waals surface area contributed by atoms with E-state index < -0.39 is 0 Å². The van der Waals surface area contributed by atoms with E-state index in [1.165, 1.54) is 6.07 Å². The van der Waals surface area contributed by atoms with Crippen LogP contribution in [-0.2, 0) is 6.42 Å². The second kappa shape index (κ2) is 6.53. The van der Waals surface area contributed by atoms with Crippen LogP contribution in [0.2, 0.25) is 0 Å². The first-order valence-corrected chi connectivity index (χ1v) is 7.54. The van der Waals surface area contributed by atoms with E-state index in [1.807, 2.05) is 30.3 Å². The van der Waals surface area contributed by atoms with Crippen molar-refractivity contribution in [3.05, 3.63) is 63.9 Å². The van der Waals surface area contributed by atoms with Gasteiger partial charge in [-0.25, -0.2) is 4.39 Å². The number of rotatable bonds is 4. The minimum Gasteiger partial charge on any atom is -0.496 e. The third kappa shape index (κ3) is 3.37. The van der Waals surface area contributed by atoms with Crippen LogP contribution in [0.25, 0.3) is 0 Å². The molecule has 0 amide bonds. The normalized spacial score (nSPS) is 12.2. The maximum atomic E-state index is 13.5. The molecule has 0 fully saturated rings. The number of halogens is 3. The van der Waals surface area contributed by atoms with E-state index in [4.69, 9.17) is 4.74 Å². The van der Waals surface area contributed by atoms with Crippen LogP contribution >= 0.6 is 31.9 Å². The molecule has 0 bridgehead atoms. The molecule has 19 heavy (non-hydrogen) atoms. The molecule has 1 atom stereocenters. The third-order valence-electron chi connectivity index (χ3n) is 2.91. The van der Waals surface area contributed by atoms with Crippen molar-refractivity contribution in [3.8, 4) is 5.75 Å². The molecule has 2 rings (SSSR count). The molecule has 0 aliphatic rings. The average Bonchev–Trinajstić information content (AvgIpc) is 2.42. The molecule has 0 aliphatic carbocycles. The minimum atomic E-state index is -0.248. The zero-order valence-electron chi connectivity index (χ0n) is 10.4. The van der Waals surface area contributed by atoms with E-state index in [-0.39, 0.29) is 10.6 Å². The maximum Gasteiger partial charge on any atom is 0.137 e. The van der Waals surface area contributed by atoms with Crippen molar-refractivity contribution in [3.63, 3.8) is 0 Å². The first-order valence-electron chi connectivity index (χ1n) is 5.83. The van der Waals surface area contributed by atoms with Gasteiger partial charge in [-0.1, -0.05) is 46.3 Å². The summed E-state index contributed by atoms with van der Waals surface area (Å²) in [7, 11) is 1.65. The van der Waals surface area contributed by atoms with E-state index in [9.17, 15) is 4.39 Å². The third-order valence-corrected chi connectivity index (χ3v) is 4.56. The predicted octanol–water partition coefficient (Wildman–Crippen LogP) is 5.28. The summed E-state index contributed by atoms with van der Waals surface area (Å²) >= 11 is 6.91. The molecule has 0 N–H and O–H groups in total. The zero-order valence-corrected chi connectivity index (χ0v) is 13.5. The fourth-order valence-corrected chi connectivity index (χ4v) is 3.52. The Kier molecular flexibility index (Phi) is 4.99. The lowest BCUT2D eigenvalue weighted by molar-refractivity contribution is 0.409. The maximum absolute atomic E-state index is 13.5. The topological polar surface area (TPSA) is 9.23 Å². The Morgan fingerprint density at radius 3 is 2.63 bits per heavy atom. The summed E-state index contributed by atoms with van der Waals surface area (Å²) in [6.07, 6.45) is 0.728. The lowest BCUT2D eigenvalue weighted by atomic mass is 10.0. The van der Waals surface area contributed by atoms with E-state index in [1.54, 1.807) is 13.2 Å². The van der Waals surface area contributed by atoms with Crippen LogP contribution in [0.5, 0.6) is 5.75 Å². The van der Waals surface area contributed by atoms with Gasteiger partial charge in [-0.05, 0) is 45.6 Å². The largest absolute Gasteiger partial charge is 0.496 e. The molecule has 4 heteroatoms. The van der Waals surface area contributed by atoms with Crippen molar-refractivity contribution >= 4 is 31.9 Å². The second-order valence-corrected chi connectivity index (χ2v) is 6.02. The Bertz CT molecular complexity index is 572. The summed E-state index contributed by atoms with van der Waals surface area (Å²) in [4.78, 5) is 0.0221. The average molecular weight is 388 g/mol. The van der Waals surface area contributed by atoms with Gasteiger partial charge >= 0.3 is 0 Å². The van der Waals surface area contributed by atoms with Gasteiger partial charge in [-0.15, -0.1) is 0 Å². The van der Waals surface area contributed by atoms with E-state index in [0.29, 0.717) is 4.47 Å². The highest BCUT2D eigenvalue weighted by atomic mass is 79.9. The molecule has 1 nitrogen and oxygen atoms in total. The molecule has 0 radical (unpaired) electrons. The highest BCUT2D eigenvalue weighted by Crippen LogP contribution is 2.35. The Morgan fingerprint density at radius 1 is 1.16 bits per heavy atom. The minimum absolute atomic E-state index is 0.0221. The van der Waals surface area contributed by atoms with Gasteiger partial charge in [-0.2, -0.15) is 0 Å². The number of hydrogen-bond donors (Lipinski definition) is 0. The van der Waals surface area contributed by atoms with Crippen LogP contribution in [0.15, 0.2) is 46.9 Å². The van der Waals surface area contributed by atoms with Crippen molar-refractivity contribution < 1.29 is 9.13 Å². The molecule has 100 valence electrons. The van der Waals surface area contributed by atoms with Crippen LogP contribution in [-0.4, -0.2) is 7.11 Å². The van der Waals surface area contributed by atoms with Crippen LogP contribution < -0.4 is 4.74 Å². The predicted molar refractivity (Wildman–Crippen MR) is 82.5 cm³/mol. The summed E-state index contributed by atoms with van der Waals surface area (Å²) in [6.45, 7) is 0. The summed E-state index contributed by atoms with van der Waals surface area (Å²) in [5, 5.41) is 0. The Labute approximate surface area is 129 Å². The number of hydrogen-bond acceptors (Lipinski definition) is 1. The molecule has 0 aromatic heterocycles. The molecule has 0 spiro atoms. The summed E-state index contributed by atoms with van der Waals surface area (Å²) in [6, 6.07) is 12.9. The molecule has 0 saturated heterocycles. The standard InChI is InChI=1S/C15H13Br2FO/c1-19-14-8-3-2-5-10(14)9-12(16)11-6-4-7-13(18)15(11)17/h2-8,12H,9H2,1H3. The number of ether oxygens (including phenoxy) is 1. The fourth-order valence-electron chi connectivity index (χ4n) is 1.94. The van der Waals surface area contributed by atoms with Gasteiger partial charge in [0, 0.05) is 4.83 Å². The van der Waals surface area contributed by atoms with Crippen LogP contribution in [0.4, 0.5) is 4.39 Å². The second-order valence-electron chi connectivity index (χ2n) is 4.13. The zero-order chi connectivity index (χ0) is 13.8. The van der Waals surface area contributed by atoms with E-state index in [0.717, 1.165) is 23.3 Å². The summed E-state index contributed by atoms with van der Waals surface area (Å²) in [5.41, 5.74) is 1.98. The summed E-state index contributed by atoms with van der Waals surface area (Å²) in [5.74, 6) is 0.599. The fraction of sp³-hybridized carbons (Fsp3) is 0.200. The van der Waals surface area contributed by atoms with Gasteiger partial charge in [0.15, 0.2) is 0 Å². The van der Waals surface area contributed by atoms with Gasteiger partial charge < -0.3 is 4.74 Å². The molecule has 0 saturated carbocycles. The highest BCUT2D eigenvalue weighted by Gasteiger charge is 2.16. The molecule has 2 aromatic carbocycles.